The summed E-state index contributed by atoms with van der Waals surface area (Å²) >= 11 is 0. The molecular formula is C14H23N3O2. The van der Waals surface area contributed by atoms with E-state index in [1.165, 1.54) is 13.5 Å². The van der Waals surface area contributed by atoms with Gasteiger partial charge in [-0.25, -0.2) is 4.79 Å². The van der Waals surface area contributed by atoms with E-state index in [0.717, 1.165) is 36.3 Å². The van der Waals surface area contributed by atoms with Gasteiger partial charge >= 0.3 is 5.69 Å². The molecule has 0 aliphatic carbocycles. The molecule has 1 atom stereocenters. The van der Waals surface area contributed by atoms with Gasteiger partial charge in [0, 0.05) is 33.3 Å². The predicted octanol–water partition coefficient (Wildman–Crippen LogP) is 1.10. The van der Waals surface area contributed by atoms with Crippen molar-refractivity contribution in [2.45, 2.75) is 33.1 Å². The van der Waals surface area contributed by atoms with Gasteiger partial charge in [0.25, 0.3) is 5.56 Å². The molecule has 19 heavy (non-hydrogen) atoms. The van der Waals surface area contributed by atoms with Crippen LogP contribution in [0.25, 0.3) is 0 Å². The van der Waals surface area contributed by atoms with Crippen molar-refractivity contribution >= 4 is 5.82 Å². The van der Waals surface area contributed by atoms with Crippen molar-refractivity contribution in [3.63, 3.8) is 0 Å². The number of nitrogens with zero attached hydrogens (tertiary/aromatic N) is 3. The van der Waals surface area contributed by atoms with Crippen molar-refractivity contribution in [3.8, 4) is 0 Å². The molecule has 0 amide bonds. The Bertz CT molecular complexity index is 587. The molecule has 0 saturated carbocycles. The fourth-order valence-electron chi connectivity index (χ4n) is 2.82. The molecule has 0 bridgehead atoms. The summed E-state index contributed by atoms with van der Waals surface area (Å²) < 4.78 is 2.72. The lowest BCUT2D eigenvalue weighted by atomic mass is 9.80. The second-order valence-corrected chi connectivity index (χ2v) is 5.93. The van der Waals surface area contributed by atoms with Gasteiger partial charge in [0.1, 0.15) is 5.82 Å². The summed E-state index contributed by atoms with van der Waals surface area (Å²) in [5.41, 5.74) is -0.219. The Morgan fingerprint density at radius 1 is 1.26 bits per heavy atom. The van der Waals surface area contributed by atoms with E-state index in [-0.39, 0.29) is 16.7 Å². The average molecular weight is 265 g/mol. The standard InChI is InChI=1S/C14H23N3O2/c1-5-14(2)7-6-8-17(10-14)11-9-12(18)16(4)13(19)15(11)3/h9H,5-8,10H2,1-4H3. The molecule has 0 aromatic carbocycles. The number of hydrogen-bond donors (Lipinski definition) is 0. The van der Waals surface area contributed by atoms with E-state index in [1.807, 2.05) is 0 Å². The van der Waals surface area contributed by atoms with E-state index in [2.05, 4.69) is 18.7 Å². The Morgan fingerprint density at radius 3 is 2.58 bits per heavy atom. The molecule has 1 aromatic heterocycles. The van der Waals surface area contributed by atoms with Gasteiger partial charge < -0.3 is 4.90 Å². The van der Waals surface area contributed by atoms with Crippen LogP contribution in [0.4, 0.5) is 5.82 Å². The van der Waals surface area contributed by atoms with Crippen molar-refractivity contribution in [1.29, 1.82) is 0 Å². The van der Waals surface area contributed by atoms with E-state index in [0.29, 0.717) is 0 Å². The van der Waals surface area contributed by atoms with Crippen LogP contribution in [-0.4, -0.2) is 22.2 Å². The van der Waals surface area contributed by atoms with Crippen molar-refractivity contribution in [1.82, 2.24) is 9.13 Å². The second-order valence-electron chi connectivity index (χ2n) is 5.93. The van der Waals surface area contributed by atoms with Crippen LogP contribution in [0.15, 0.2) is 15.7 Å². The Labute approximate surface area is 113 Å². The molecule has 0 N–H and O–H groups in total. The third-order valence-corrected chi connectivity index (χ3v) is 4.46. The minimum absolute atomic E-state index is 0.234. The molecular weight excluding hydrogens is 242 g/mol. The first kappa shape index (κ1) is 13.9. The molecule has 1 saturated heterocycles. The van der Waals surface area contributed by atoms with E-state index in [1.54, 1.807) is 17.7 Å². The smallest absolute Gasteiger partial charge is 0.332 e. The third kappa shape index (κ3) is 2.46. The molecule has 1 aliphatic rings. The van der Waals surface area contributed by atoms with E-state index < -0.39 is 0 Å². The highest BCUT2D eigenvalue weighted by atomic mass is 16.2. The molecule has 106 valence electrons. The van der Waals surface area contributed by atoms with Crippen molar-refractivity contribution in [2.24, 2.45) is 19.5 Å². The minimum atomic E-state index is -0.258. The fraction of sp³-hybridized carbons (Fsp3) is 0.714. The van der Waals surface area contributed by atoms with Crippen LogP contribution in [0.3, 0.4) is 0 Å². The van der Waals surface area contributed by atoms with Crippen LogP contribution < -0.4 is 16.1 Å². The van der Waals surface area contributed by atoms with Crippen molar-refractivity contribution in [2.75, 3.05) is 18.0 Å². The largest absolute Gasteiger partial charge is 0.357 e. The minimum Gasteiger partial charge on any atom is -0.357 e. The maximum absolute atomic E-state index is 12.0. The molecule has 1 fully saturated rings. The highest BCUT2D eigenvalue weighted by Crippen LogP contribution is 2.34. The summed E-state index contributed by atoms with van der Waals surface area (Å²) in [6, 6.07) is 1.57. The van der Waals surface area contributed by atoms with Crippen LogP contribution in [0.5, 0.6) is 0 Å². The summed E-state index contributed by atoms with van der Waals surface area (Å²) in [6.45, 7) is 6.30. The zero-order valence-corrected chi connectivity index (χ0v) is 12.3. The van der Waals surface area contributed by atoms with Crippen LogP contribution in [-0.2, 0) is 14.1 Å². The quantitative estimate of drug-likeness (QED) is 0.804. The van der Waals surface area contributed by atoms with Gasteiger partial charge in [0.15, 0.2) is 0 Å². The number of aromatic nitrogens is 2. The number of rotatable bonds is 2. The Hall–Kier alpha value is -1.52. The zero-order valence-electron chi connectivity index (χ0n) is 12.3. The number of piperidine rings is 1. The van der Waals surface area contributed by atoms with Crippen molar-refractivity contribution in [3.05, 3.63) is 26.9 Å². The number of anilines is 1. The molecule has 5 heteroatoms. The van der Waals surface area contributed by atoms with Crippen molar-refractivity contribution < 1.29 is 0 Å². The monoisotopic (exact) mass is 265 g/mol. The molecule has 0 spiro atoms. The van der Waals surface area contributed by atoms with Gasteiger partial charge in [-0.3, -0.25) is 13.9 Å². The van der Waals surface area contributed by atoms with E-state index >= 15 is 0 Å². The molecule has 5 nitrogen and oxygen atoms in total. The van der Waals surface area contributed by atoms with Gasteiger partial charge in [-0.2, -0.15) is 0 Å². The maximum atomic E-state index is 12.0. The van der Waals surface area contributed by atoms with Crippen LogP contribution in [0, 0.1) is 5.41 Å². The molecule has 1 aliphatic heterocycles. The van der Waals surface area contributed by atoms with Gasteiger partial charge in [0.05, 0.1) is 0 Å². The van der Waals surface area contributed by atoms with Gasteiger partial charge in [-0.05, 0) is 24.7 Å². The first-order valence-electron chi connectivity index (χ1n) is 6.90. The Morgan fingerprint density at radius 2 is 1.95 bits per heavy atom. The Balaban J connectivity index is 2.43. The van der Waals surface area contributed by atoms with Crippen LogP contribution >= 0.6 is 0 Å². The molecule has 2 rings (SSSR count). The SMILES string of the molecule is CCC1(C)CCCN(c2cc(=O)n(C)c(=O)n2C)C1. The highest BCUT2D eigenvalue weighted by molar-refractivity contribution is 5.39. The first-order chi connectivity index (χ1) is 8.88. The van der Waals surface area contributed by atoms with Gasteiger partial charge in [-0.1, -0.05) is 13.8 Å². The van der Waals surface area contributed by atoms with E-state index in [4.69, 9.17) is 0 Å². The maximum Gasteiger partial charge on any atom is 0.332 e. The summed E-state index contributed by atoms with van der Waals surface area (Å²) in [5, 5.41) is 0. The third-order valence-electron chi connectivity index (χ3n) is 4.46. The molecule has 2 heterocycles. The van der Waals surface area contributed by atoms with E-state index in [9.17, 15) is 9.59 Å². The zero-order chi connectivity index (χ0) is 14.2. The lowest BCUT2D eigenvalue weighted by Crippen LogP contribution is -2.46. The first-order valence-corrected chi connectivity index (χ1v) is 6.90. The topological polar surface area (TPSA) is 47.2 Å². The van der Waals surface area contributed by atoms with Gasteiger partial charge in [-0.15, -0.1) is 0 Å². The summed E-state index contributed by atoms with van der Waals surface area (Å²) in [7, 11) is 3.25. The summed E-state index contributed by atoms with van der Waals surface area (Å²) in [6.07, 6.45) is 3.43. The number of hydrogen-bond acceptors (Lipinski definition) is 3. The molecule has 1 unspecified atom stereocenters. The summed E-state index contributed by atoms with van der Waals surface area (Å²) in [4.78, 5) is 26.0. The second kappa shape index (κ2) is 4.87. The lowest BCUT2D eigenvalue weighted by molar-refractivity contribution is 0.249. The predicted molar refractivity (Wildman–Crippen MR) is 76.8 cm³/mol. The van der Waals surface area contributed by atoms with Crippen LogP contribution in [0.2, 0.25) is 0 Å². The Kier molecular flexibility index (Phi) is 3.56. The molecule has 1 aromatic rings. The van der Waals surface area contributed by atoms with Gasteiger partial charge in [0.2, 0.25) is 0 Å². The molecule has 0 radical (unpaired) electrons. The summed E-state index contributed by atoms with van der Waals surface area (Å²) in [5.74, 6) is 0.743. The average Bonchev–Trinajstić information content (AvgIpc) is 2.40. The highest BCUT2D eigenvalue weighted by Gasteiger charge is 2.30. The fourth-order valence-corrected chi connectivity index (χ4v) is 2.82. The lowest BCUT2D eigenvalue weighted by Gasteiger charge is -2.41. The van der Waals surface area contributed by atoms with Crippen LogP contribution in [0.1, 0.15) is 33.1 Å². The normalized spacial score (nSPS) is 23.7.